The van der Waals surface area contributed by atoms with Gasteiger partial charge in [-0.05, 0) is 6.42 Å². The normalized spacial score (nSPS) is 43.3. The number of cyclic esters (lactones) is 1. The maximum Gasteiger partial charge on any atom is 0.324 e. The van der Waals surface area contributed by atoms with Crippen LogP contribution < -0.4 is 0 Å². The predicted octanol–water partition coefficient (Wildman–Crippen LogP) is 0.113. The predicted molar refractivity (Wildman–Crippen MR) is 38.1 cm³/mol. The molecule has 1 saturated heterocycles. The second-order valence-electron chi connectivity index (χ2n) is 3.71. The zero-order chi connectivity index (χ0) is 8.98. The van der Waals surface area contributed by atoms with Crippen molar-refractivity contribution in [2.45, 2.75) is 13.3 Å². The first-order chi connectivity index (χ1) is 5.57. The molecule has 0 bridgehead atoms. The Bertz CT molecular complexity index is 272. The number of methoxy groups -OCH3 is 1. The van der Waals surface area contributed by atoms with E-state index in [1.807, 2.05) is 6.92 Å². The molecule has 4 nitrogen and oxygen atoms in total. The summed E-state index contributed by atoms with van der Waals surface area (Å²) in [4.78, 5) is 22.5. The van der Waals surface area contributed by atoms with E-state index in [9.17, 15) is 9.59 Å². The van der Waals surface area contributed by atoms with Crippen molar-refractivity contribution < 1.29 is 19.1 Å². The lowest BCUT2D eigenvalue weighted by Gasteiger charge is -2.06. The first kappa shape index (κ1) is 7.58. The van der Waals surface area contributed by atoms with Crippen molar-refractivity contribution in [1.82, 2.24) is 0 Å². The molecule has 0 aromatic heterocycles. The Labute approximate surface area is 69.8 Å². The van der Waals surface area contributed by atoms with Gasteiger partial charge in [0.1, 0.15) is 0 Å². The van der Waals surface area contributed by atoms with Crippen molar-refractivity contribution >= 4 is 11.9 Å². The molecule has 1 aliphatic carbocycles. The maximum absolute atomic E-state index is 11.3. The summed E-state index contributed by atoms with van der Waals surface area (Å²) in [5.41, 5.74) is -1.25. The molecular formula is C8H10O4. The molecule has 0 N–H and O–H groups in total. The molecule has 2 aliphatic rings. The van der Waals surface area contributed by atoms with Gasteiger partial charge in [0.25, 0.3) is 0 Å². The molecular weight excluding hydrogens is 160 g/mol. The zero-order valence-corrected chi connectivity index (χ0v) is 7.05. The summed E-state index contributed by atoms with van der Waals surface area (Å²) in [6.45, 7) is 2.22. The first-order valence-corrected chi connectivity index (χ1v) is 3.82. The Morgan fingerprint density at radius 3 is 2.67 bits per heavy atom. The minimum atomic E-state index is -0.957. The lowest BCUT2D eigenvalue weighted by Crippen LogP contribution is -2.27. The average molecular weight is 170 g/mol. The van der Waals surface area contributed by atoms with E-state index in [1.54, 1.807) is 0 Å². The maximum atomic E-state index is 11.3. The van der Waals surface area contributed by atoms with Gasteiger partial charge >= 0.3 is 11.9 Å². The molecule has 0 amide bonds. The number of ether oxygens (including phenoxy) is 2. The lowest BCUT2D eigenvalue weighted by atomic mass is 9.98. The molecule has 0 aromatic rings. The summed E-state index contributed by atoms with van der Waals surface area (Å²) in [6, 6.07) is 0. The fourth-order valence-electron chi connectivity index (χ4n) is 1.96. The summed E-state index contributed by atoms with van der Waals surface area (Å²) >= 11 is 0. The molecule has 0 radical (unpaired) electrons. The number of fused-ring (bicyclic) bond motifs is 1. The first-order valence-electron chi connectivity index (χ1n) is 3.82. The van der Waals surface area contributed by atoms with Gasteiger partial charge in [-0.1, -0.05) is 6.92 Å². The number of carbonyl (C=O) groups is 2. The molecule has 0 spiro atoms. The van der Waals surface area contributed by atoms with E-state index in [0.29, 0.717) is 13.0 Å². The Morgan fingerprint density at radius 2 is 2.33 bits per heavy atom. The highest BCUT2D eigenvalue weighted by Crippen LogP contribution is 2.68. The molecule has 66 valence electrons. The van der Waals surface area contributed by atoms with Crippen LogP contribution in [0.2, 0.25) is 0 Å². The van der Waals surface area contributed by atoms with E-state index >= 15 is 0 Å². The highest BCUT2D eigenvalue weighted by molar-refractivity contribution is 6.06. The van der Waals surface area contributed by atoms with Crippen molar-refractivity contribution in [3.05, 3.63) is 0 Å². The van der Waals surface area contributed by atoms with Gasteiger partial charge in [-0.2, -0.15) is 0 Å². The molecule has 2 fully saturated rings. The monoisotopic (exact) mass is 170 g/mol. The van der Waals surface area contributed by atoms with Gasteiger partial charge in [-0.3, -0.25) is 9.59 Å². The number of carbonyl (C=O) groups excluding carboxylic acids is 2. The van der Waals surface area contributed by atoms with Crippen LogP contribution >= 0.6 is 0 Å². The average Bonchev–Trinajstić information content (AvgIpc) is 2.61. The summed E-state index contributed by atoms with van der Waals surface area (Å²) in [6.07, 6.45) is 0.575. The fraction of sp³-hybridized carbons (Fsp3) is 0.750. The van der Waals surface area contributed by atoms with Crippen molar-refractivity contribution in [3.8, 4) is 0 Å². The van der Waals surface area contributed by atoms with Crippen LogP contribution in [0.25, 0.3) is 0 Å². The van der Waals surface area contributed by atoms with E-state index in [0.717, 1.165) is 0 Å². The number of hydrogen-bond acceptors (Lipinski definition) is 4. The number of rotatable bonds is 1. The Balaban J connectivity index is 2.34. The third-order valence-electron chi connectivity index (χ3n) is 2.96. The SMILES string of the molecule is COC(=O)[C@@]12C[C@]1(C)COC2=O. The molecule has 2 atom stereocenters. The topological polar surface area (TPSA) is 52.6 Å². The Kier molecular flexibility index (Phi) is 1.14. The van der Waals surface area contributed by atoms with Gasteiger partial charge < -0.3 is 9.47 Å². The van der Waals surface area contributed by atoms with Crippen molar-refractivity contribution in [2.75, 3.05) is 13.7 Å². The van der Waals surface area contributed by atoms with Gasteiger partial charge in [-0.15, -0.1) is 0 Å². The molecule has 2 rings (SSSR count). The molecule has 12 heavy (non-hydrogen) atoms. The summed E-state index contributed by atoms with van der Waals surface area (Å²) in [5, 5.41) is 0. The number of hydrogen-bond donors (Lipinski definition) is 0. The molecule has 1 heterocycles. The second-order valence-corrected chi connectivity index (χ2v) is 3.71. The number of esters is 2. The van der Waals surface area contributed by atoms with Crippen LogP contribution in [-0.2, 0) is 19.1 Å². The van der Waals surface area contributed by atoms with Crippen molar-refractivity contribution in [1.29, 1.82) is 0 Å². The zero-order valence-electron chi connectivity index (χ0n) is 7.05. The lowest BCUT2D eigenvalue weighted by molar-refractivity contribution is -0.158. The quantitative estimate of drug-likeness (QED) is 0.414. The van der Waals surface area contributed by atoms with Crippen LogP contribution in [0, 0.1) is 10.8 Å². The van der Waals surface area contributed by atoms with E-state index in [4.69, 9.17) is 4.74 Å². The van der Waals surface area contributed by atoms with E-state index in [-0.39, 0.29) is 5.41 Å². The Morgan fingerprint density at radius 1 is 1.67 bits per heavy atom. The standard InChI is InChI=1S/C8H10O4/c1-7-3-8(7,5(9)11-2)6(10)12-4-7/h3-4H2,1-2H3/t7-,8-/m1/s1. The van der Waals surface area contributed by atoms with Crippen LogP contribution in [0.1, 0.15) is 13.3 Å². The third kappa shape index (κ3) is 0.552. The molecule has 4 heteroatoms. The minimum Gasteiger partial charge on any atom is -0.468 e. The molecule has 1 saturated carbocycles. The highest BCUT2D eigenvalue weighted by atomic mass is 16.6. The van der Waals surface area contributed by atoms with Crippen molar-refractivity contribution in [3.63, 3.8) is 0 Å². The summed E-state index contributed by atoms with van der Waals surface area (Å²) in [7, 11) is 1.29. The second kappa shape index (κ2) is 1.81. The van der Waals surface area contributed by atoms with Crippen LogP contribution in [0.5, 0.6) is 0 Å². The van der Waals surface area contributed by atoms with E-state index in [2.05, 4.69) is 4.74 Å². The van der Waals surface area contributed by atoms with Crippen LogP contribution in [0.3, 0.4) is 0 Å². The van der Waals surface area contributed by atoms with Gasteiger partial charge in [0.05, 0.1) is 13.7 Å². The molecule has 0 aromatic carbocycles. The van der Waals surface area contributed by atoms with Gasteiger partial charge in [0, 0.05) is 5.41 Å². The highest BCUT2D eigenvalue weighted by Gasteiger charge is 2.80. The molecule has 0 unspecified atom stereocenters. The van der Waals surface area contributed by atoms with Crippen molar-refractivity contribution in [2.24, 2.45) is 10.8 Å². The summed E-state index contributed by atoms with van der Waals surface area (Å²) in [5.74, 6) is -0.871. The smallest absolute Gasteiger partial charge is 0.324 e. The fourth-order valence-corrected chi connectivity index (χ4v) is 1.96. The van der Waals surface area contributed by atoms with Gasteiger partial charge in [0.15, 0.2) is 5.41 Å². The van der Waals surface area contributed by atoms with E-state index in [1.165, 1.54) is 7.11 Å². The summed E-state index contributed by atoms with van der Waals surface area (Å²) < 4.78 is 9.38. The van der Waals surface area contributed by atoms with Crippen LogP contribution in [0.15, 0.2) is 0 Å². The minimum absolute atomic E-state index is 0.294. The van der Waals surface area contributed by atoms with Gasteiger partial charge in [0.2, 0.25) is 0 Å². The van der Waals surface area contributed by atoms with E-state index < -0.39 is 17.4 Å². The van der Waals surface area contributed by atoms with Crippen LogP contribution in [-0.4, -0.2) is 25.7 Å². The molecule has 1 aliphatic heterocycles. The third-order valence-corrected chi connectivity index (χ3v) is 2.96. The van der Waals surface area contributed by atoms with Crippen LogP contribution in [0.4, 0.5) is 0 Å². The Hall–Kier alpha value is -1.06. The van der Waals surface area contributed by atoms with Gasteiger partial charge in [-0.25, -0.2) is 0 Å². The largest absolute Gasteiger partial charge is 0.468 e.